The van der Waals surface area contributed by atoms with Gasteiger partial charge in [-0.3, -0.25) is 14.6 Å². The minimum atomic E-state index is -1.01. The highest BCUT2D eigenvalue weighted by Crippen LogP contribution is 2.52. The molecular weight excluding hydrogens is 493 g/mol. The fraction of sp³-hybridized carbons (Fsp3) is 0.481. The number of aromatic nitrogens is 3. The maximum absolute atomic E-state index is 15.3. The summed E-state index contributed by atoms with van der Waals surface area (Å²) in [5, 5.41) is 6.40. The van der Waals surface area contributed by atoms with Gasteiger partial charge in [-0.2, -0.15) is 0 Å². The number of hydrogen-bond acceptors (Lipinski definition) is 8. The Balaban J connectivity index is 1.09. The van der Waals surface area contributed by atoms with E-state index in [9.17, 15) is 9.59 Å². The van der Waals surface area contributed by atoms with Gasteiger partial charge in [0.05, 0.1) is 41.7 Å². The third kappa shape index (κ3) is 3.56. The molecule has 11 heteroatoms. The van der Waals surface area contributed by atoms with E-state index in [1.807, 2.05) is 12.1 Å². The summed E-state index contributed by atoms with van der Waals surface area (Å²) in [5.41, 5.74) is 0.424. The number of carbonyl (C=O) groups excluding carboxylic acids is 1. The molecule has 3 aromatic heterocycles. The van der Waals surface area contributed by atoms with E-state index in [0.717, 1.165) is 31.4 Å². The lowest BCUT2D eigenvalue weighted by Gasteiger charge is -2.55. The van der Waals surface area contributed by atoms with Crippen molar-refractivity contribution in [1.29, 1.82) is 0 Å². The molecule has 0 unspecified atom stereocenters. The smallest absolute Gasteiger partial charge is 0.263 e. The molecule has 38 heavy (non-hydrogen) atoms. The molecule has 198 valence electrons. The second kappa shape index (κ2) is 8.29. The average molecular weight is 522 g/mol. The first-order chi connectivity index (χ1) is 18.3. The molecule has 7 heterocycles. The van der Waals surface area contributed by atoms with Crippen LogP contribution >= 0.6 is 0 Å². The Labute approximate surface area is 217 Å². The molecule has 0 spiro atoms. The number of nitrogens with zero attached hydrogens (tertiary/aromatic N) is 3. The highest BCUT2D eigenvalue weighted by atomic mass is 19.1. The second-order valence-electron chi connectivity index (χ2n) is 10.9. The molecule has 8 rings (SSSR count). The van der Waals surface area contributed by atoms with Crippen LogP contribution in [0.3, 0.4) is 0 Å². The topological polar surface area (TPSA) is 117 Å². The van der Waals surface area contributed by atoms with E-state index in [1.165, 1.54) is 12.3 Å². The quantitative estimate of drug-likeness (QED) is 0.508. The van der Waals surface area contributed by atoms with E-state index in [2.05, 4.69) is 20.6 Å². The van der Waals surface area contributed by atoms with Crippen LogP contribution in [-0.2, 0) is 33.0 Å². The van der Waals surface area contributed by atoms with Crippen LogP contribution in [0, 0.1) is 5.82 Å². The number of methoxy groups -OCH3 is 1. The average Bonchev–Trinajstić information content (AvgIpc) is 3.28. The minimum absolute atomic E-state index is 0.000336. The number of ether oxygens (including phenoxy) is 3. The Kier molecular flexibility index (Phi) is 5.17. The van der Waals surface area contributed by atoms with Gasteiger partial charge in [0.1, 0.15) is 11.4 Å². The van der Waals surface area contributed by atoms with Crippen LogP contribution in [0.15, 0.2) is 35.3 Å². The van der Waals surface area contributed by atoms with Gasteiger partial charge in [0.2, 0.25) is 0 Å². The summed E-state index contributed by atoms with van der Waals surface area (Å²) >= 11 is 0. The van der Waals surface area contributed by atoms with Crippen molar-refractivity contribution in [2.24, 2.45) is 0 Å². The van der Waals surface area contributed by atoms with Crippen molar-refractivity contribution in [3.8, 4) is 5.75 Å². The Morgan fingerprint density at radius 1 is 1.18 bits per heavy atom. The largest absolute Gasteiger partial charge is 0.480 e. The predicted octanol–water partition coefficient (Wildman–Crippen LogP) is 2.38. The van der Waals surface area contributed by atoms with Crippen LogP contribution in [0.4, 0.5) is 10.2 Å². The zero-order valence-corrected chi connectivity index (χ0v) is 21.0. The van der Waals surface area contributed by atoms with Gasteiger partial charge >= 0.3 is 0 Å². The third-order valence-corrected chi connectivity index (χ3v) is 8.77. The molecule has 2 saturated heterocycles. The molecule has 0 aromatic carbocycles. The van der Waals surface area contributed by atoms with Gasteiger partial charge in [-0.15, -0.1) is 0 Å². The predicted molar refractivity (Wildman–Crippen MR) is 134 cm³/mol. The fourth-order valence-electron chi connectivity index (χ4n) is 6.67. The summed E-state index contributed by atoms with van der Waals surface area (Å²) in [6.07, 6.45) is 5.02. The first-order valence-corrected chi connectivity index (χ1v) is 12.9. The summed E-state index contributed by atoms with van der Waals surface area (Å²) in [5.74, 6) is 0.338. The lowest BCUT2D eigenvalue weighted by molar-refractivity contribution is -0.197. The number of nitrogens with one attached hydrogen (secondary N) is 2. The standard InChI is InChI=1S/C27H28FN5O5/c1-36-27(14-33-21(35)5-3-18-23(33)22(27)17(28)11-29-18)13-26-8-6-25(7-9-26,15-38-26)30-10-16-2-4-19-24(31-16)32-20(34)12-37-19/h2-5,11,30H,6-10,12-15H2,1H3,(H,31,32,34)/t25?,26?,27-/m0/s1. The molecule has 0 radical (unpaired) electrons. The molecule has 1 aliphatic carbocycles. The number of anilines is 1. The lowest BCUT2D eigenvalue weighted by Crippen LogP contribution is -2.62. The van der Waals surface area contributed by atoms with Gasteiger partial charge in [0.25, 0.3) is 11.5 Å². The van der Waals surface area contributed by atoms with Crippen LogP contribution in [0.1, 0.15) is 43.4 Å². The van der Waals surface area contributed by atoms with Crippen molar-refractivity contribution in [3.05, 3.63) is 57.9 Å². The van der Waals surface area contributed by atoms with E-state index in [-0.39, 0.29) is 30.2 Å². The normalized spacial score (nSPS) is 29.3. The van der Waals surface area contributed by atoms with Crippen molar-refractivity contribution in [2.75, 3.05) is 25.6 Å². The zero-order chi connectivity index (χ0) is 26.1. The molecule has 2 N–H and O–H groups in total. The number of hydrogen-bond donors (Lipinski definition) is 2. The van der Waals surface area contributed by atoms with Gasteiger partial charge in [-0.05, 0) is 43.9 Å². The lowest BCUT2D eigenvalue weighted by atomic mass is 9.67. The number of fused-ring (bicyclic) bond motifs is 4. The van der Waals surface area contributed by atoms with E-state index < -0.39 is 17.0 Å². The van der Waals surface area contributed by atoms with E-state index in [4.69, 9.17) is 14.2 Å². The number of amides is 1. The van der Waals surface area contributed by atoms with Crippen LogP contribution in [-0.4, -0.2) is 51.9 Å². The molecule has 3 aromatic rings. The Morgan fingerprint density at radius 2 is 2.03 bits per heavy atom. The van der Waals surface area contributed by atoms with Crippen molar-refractivity contribution in [1.82, 2.24) is 19.9 Å². The highest BCUT2D eigenvalue weighted by Gasteiger charge is 2.55. The summed E-state index contributed by atoms with van der Waals surface area (Å²) in [6.45, 7) is 1.27. The third-order valence-electron chi connectivity index (χ3n) is 8.77. The van der Waals surface area contributed by atoms with Crippen LogP contribution < -0.4 is 20.9 Å². The van der Waals surface area contributed by atoms with E-state index in [0.29, 0.717) is 47.7 Å². The van der Waals surface area contributed by atoms with Crippen molar-refractivity contribution in [2.45, 2.75) is 61.9 Å². The number of halogens is 1. The zero-order valence-electron chi connectivity index (χ0n) is 21.0. The maximum Gasteiger partial charge on any atom is 0.263 e. The first-order valence-electron chi connectivity index (χ1n) is 12.9. The Hall–Kier alpha value is -3.41. The summed E-state index contributed by atoms with van der Waals surface area (Å²) in [4.78, 5) is 33.0. The SMILES string of the molecule is CO[C@@]1(CC23CCC(NCc4ccc5c(n4)NC(=O)CO5)(CC2)CO3)Cn2c(=O)ccc3ncc(F)c1c32. The Bertz CT molecular complexity index is 1520. The number of carbonyl (C=O) groups is 1. The molecule has 1 atom stereocenters. The summed E-state index contributed by atoms with van der Waals surface area (Å²) in [6, 6.07) is 6.82. The van der Waals surface area contributed by atoms with Gasteiger partial charge in [0.15, 0.2) is 18.2 Å². The first kappa shape index (κ1) is 23.7. The van der Waals surface area contributed by atoms with Crippen molar-refractivity contribution in [3.63, 3.8) is 0 Å². The molecule has 10 nitrogen and oxygen atoms in total. The summed E-state index contributed by atoms with van der Waals surface area (Å²) < 4.78 is 34.9. The monoisotopic (exact) mass is 521 g/mol. The molecule has 3 fully saturated rings. The summed E-state index contributed by atoms with van der Waals surface area (Å²) in [7, 11) is 1.58. The van der Waals surface area contributed by atoms with Crippen molar-refractivity contribution < 1.29 is 23.4 Å². The fourth-order valence-corrected chi connectivity index (χ4v) is 6.67. The van der Waals surface area contributed by atoms with Gasteiger partial charge in [-0.1, -0.05) is 0 Å². The van der Waals surface area contributed by atoms with Gasteiger partial charge in [0, 0.05) is 37.2 Å². The molecule has 5 aliphatic rings. The number of pyridine rings is 3. The van der Waals surface area contributed by atoms with Crippen LogP contribution in [0.2, 0.25) is 0 Å². The van der Waals surface area contributed by atoms with E-state index in [1.54, 1.807) is 17.7 Å². The minimum Gasteiger partial charge on any atom is -0.480 e. The molecular formula is C27H28FN5O5. The second-order valence-corrected chi connectivity index (χ2v) is 10.9. The maximum atomic E-state index is 15.3. The van der Waals surface area contributed by atoms with Crippen LogP contribution in [0.25, 0.3) is 11.0 Å². The van der Waals surface area contributed by atoms with Gasteiger partial charge in [-0.25, -0.2) is 9.37 Å². The van der Waals surface area contributed by atoms with Crippen LogP contribution in [0.5, 0.6) is 5.75 Å². The number of rotatable bonds is 6. The van der Waals surface area contributed by atoms with E-state index >= 15 is 4.39 Å². The molecule has 1 amide bonds. The molecule has 2 bridgehead atoms. The Morgan fingerprint density at radius 3 is 2.79 bits per heavy atom. The van der Waals surface area contributed by atoms with Gasteiger partial charge < -0.3 is 29.4 Å². The highest BCUT2D eigenvalue weighted by molar-refractivity contribution is 5.94. The molecule has 1 saturated carbocycles. The van der Waals surface area contributed by atoms with Crippen molar-refractivity contribution >= 4 is 22.8 Å². The molecule has 4 aliphatic heterocycles.